The monoisotopic (exact) mass is 290 g/mol. The van der Waals surface area contributed by atoms with E-state index in [4.69, 9.17) is 10.5 Å². The van der Waals surface area contributed by atoms with Crippen molar-refractivity contribution in [1.82, 2.24) is 5.32 Å². The molecule has 0 spiro atoms. The summed E-state index contributed by atoms with van der Waals surface area (Å²) in [4.78, 5) is 12.8. The van der Waals surface area contributed by atoms with Crippen LogP contribution in [0.1, 0.15) is 22.0 Å². The van der Waals surface area contributed by atoms with Crippen LogP contribution in [-0.2, 0) is 22.7 Å². The lowest BCUT2D eigenvalue weighted by atomic mass is 10.0. The quantitative estimate of drug-likeness (QED) is 0.821. The predicted molar refractivity (Wildman–Crippen MR) is 80.2 cm³/mol. The summed E-state index contributed by atoms with van der Waals surface area (Å²) in [6.45, 7) is 1.14. The Balaban J connectivity index is 2.11. The summed E-state index contributed by atoms with van der Waals surface area (Å²) in [5.41, 5.74) is 7.39. The molecular weight excluding hydrogens is 272 g/mol. The van der Waals surface area contributed by atoms with Crippen molar-refractivity contribution in [2.75, 3.05) is 7.11 Å². The van der Waals surface area contributed by atoms with Gasteiger partial charge in [0, 0.05) is 18.5 Å². The minimum absolute atomic E-state index is 0.379. The average Bonchev–Trinajstić information content (AvgIpc) is 2.93. The van der Waals surface area contributed by atoms with E-state index < -0.39 is 6.04 Å². The molecule has 1 aromatic heterocycles. The van der Waals surface area contributed by atoms with Crippen LogP contribution >= 0.6 is 11.3 Å². The first-order valence-electron chi connectivity index (χ1n) is 6.33. The molecule has 2 rings (SSSR count). The van der Waals surface area contributed by atoms with Crippen LogP contribution in [0.25, 0.3) is 0 Å². The number of ether oxygens (including phenoxy) is 1. The molecule has 0 saturated carbocycles. The molecule has 2 aromatic rings. The number of hydrogen-bond acceptors (Lipinski definition) is 4. The summed E-state index contributed by atoms with van der Waals surface area (Å²) >= 11 is 1.65. The molecule has 0 saturated heterocycles. The van der Waals surface area contributed by atoms with Crippen LogP contribution in [0, 0.1) is 0 Å². The molecule has 3 N–H and O–H groups in total. The van der Waals surface area contributed by atoms with E-state index in [1.54, 1.807) is 18.4 Å². The van der Waals surface area contributed by atoms with Gasteiger partial charge in [-0.1, -0.05) is 30.3 Å². The third kappa shape index (κ3) is 3.90. The number of rotatable bonds is 7. The highest BCUT2D eigenvalue weighted by atomic mass is 32.1. The zero-order valence-electron chi connectivity index (χ0n) is 11.3. The maximum absolute atomic E-state index is 11.7. The smallest absolute Gasteiger partial charge is 0.239 e. The molecule has 0 aliphatic rings. The average molecular weight is 290 g/mol. The zero-order valence-corrected chi connectivity index (χ0v) is 12.2. The number of benzene rings is 1. The molecule has 4 nitrogen and oxygen atoms in total. The van der Waals surface area contributed by atoms with Gasteiger partial charge in [-0.3, -0.25) is 10.1 Å². The number of methoxy groups -OCH3 is 1. The highest BCUT2D eigenvalue weighted by Crippen LogP contribution is 2.17. The second kappa shape index (κ2) is 7.19. The van der Waals surface area contributed by atoms with E-state index in [-0.39, 0.29) is 5.91 Å². The first-order valence-corrected chi connectivity index (χ1v) is 7.21. The van der Waals surface area contributed by atoms with Gasteiger partial charge in [-0.05, 0) is 22.6 Å². The van der Waals surface area contributed by atoms with Crippen LogP contribution in [0.5, 0.6) is 0 Å². The number of thiophene rings is 1. The fourth-order valence-electron chi connectivity index (χ4n) is 2.03. The second-order valence-corrected chi connectivity index (χ2v) is 5.51. The second-order valence-electron chi connectivity index (χ2n) is 4.47. The molecule has 106 valence electrons. The Morgan fingerprint density at radius 2 is 2.25 bits per heavy atom. The van der Waals surface area contributed by atoms with Gasteiger partial charge in [0.2, 0.25) is 5.91 Å². The van der Waals surface area contributed by atoms with Crippen molar-refractivity contribution in [3.8, 4) is 0 Å². The van der Waals surface area contributed by atoms with Crippen LogP contribution in [0.4, 0.5) is 0 Å². The first-order chi connectivity index (χ1) is 9.70. The number of nitrogens with one attached hydrogen (secondary N) is 1. The van der Waals surface area contributed by atoms with E-state index in [0.717, 1.165) is 11.1 Å². The third-order valence-electron chi connectivity index (χ3n) is 2.94. The molecule has 1 unspecified atom stereocenters. The Morgan fingerprint density at radius 1 is 1.40 bits per heavy atom. The summed E-state index contributed by atoms with van der Waals surface area (Å²) in [5.74, 6) is -0.379. The van der Waals surface area contributed by atoms with Gasteiger partial charge in [-0.2, -0.15) is 0 Å². The maximum atomic E-state index is 11.7. The van der Waals surface area contributed by atoms with E-state index in [1.807, 2.05) is 41.8 Å². The molecule has 0 radical (unpaired) electrons. The molecule has 0 bridgehead atoms. The number of amides is 1. The van der Waals surface area contributed by atoms with Crippen LogP contribution in [0.15, 0.2) is 41.8 Å². The van der Waals surface area contributed by atoms with Gasteiger partial charge < -0.3 is 10.5 Å². The molecule has 0 fully saturated rings. The van der Waals surface area contributed by atoms with E-state index in [9.17, 15) is 4.79 Å². The number of carbonyl (C=O) groups excluding carboxylic acids is 1. The summed E-state index contributed by atoms with van der Waals surface area (Å²) < 4.78 is 5.11. The molecule has 1 heterocycles. The third-order valence-corrected chi connectivity index (χ3v) is 3.82. The van der Waals surface area contributed by atoms with E-state index in [1.165, 1.54) is 4.88 Å². The van der Waals surface area contributed by atoms with Gasteiger partial charge >= 0.3 is 0 Å². The van der Waals surface area contributed by atoms with E-state index in [2.05, 4.69) is 5.32 Å². The van der Waals surface area contributed by atoms with Gasteiger partial charge in [0.15, 0.2) is 0 Å². The predicted octanol–water partition coefficient (Wildman–Crippen LogP) is 2.21. The Kier molecular flexibility index (Phi) is 5.29. The molecule has 1 atom stereocenters. The summed E-state index contributed by atoms with van der Waals surface area (Å²) in [7, 11) is 1.65. The fourth-order valence-corrected chi connectivity index (χ4v) is 2.68. The van der Waals surface area contributed by atoms with Crippen molar-refractivity contribution in [2.45, 2.75) is 19.2 Å². The Hall–Kier alpha value is -1.69. The van der Waals surface area contributed by atoms with Crippen molar-refractivity contribution in [3.05, 3.63) is 57.8 Å². The van der Waals surface area contributed by atoms with Gasteiger partial charge in [0.25, 0.3) is 0 Å². The van der Waals surface area contributed by atoms with Crippen LogP contribution in [0.3, 0.4) is 0 Å². The Labute approximate surface area is 122 Å². The minimum Gasteiger partial charge on any atom is -0.380 e. The molecule has 5 heteroatoms. The molecule has 0 aliphatic heterocycles. The molecule has 0 aliphatic carbocycles. The summed E-state index contributed by atoms with van der Waals surface area (Å²) in [6, 6.07) is 11.2. The summed E-state index contributed by atoms with van der Waals surface area (Å²) in [5, 5.41) is 5.21. The topological polar surface area (TPSA) is 64.3 Å². The first kappa shape index (κ1) is 14.7. The highest BCUT2D eigenvalue weighted by Gasteiger charge is 2.17. The van der Waals surface area contributed by atoms with Gasteiger partial charge in [-0.15, -0.1) is 11.3 Å². The lowest BCUT2D eigenvalue weighted by Crippen LogP contribution is -2.33. The Morgan fingerprint density at radius 3 is 2.90 bits per heavy atom. The molecule has 20 heavy (non-hydrogen) atoms. The zero-order chi connectivity index (χ0) is 14.4. The fraction of sp³-hybridized carbons (Fsp3) is 0.267. The van der Waals surface area contributed by atoms with Crippen LogP contribution < -0.4 is 11.1 Å². The van der Waals surface area contributed by atoms with Crippen molar-refractivity contribution >= 4 is 17.2 Å². The van der Waals surface area contributed by atoms with Crippen molar-refractivity contribution in [3.63, 3.8) is 0 Å². The number of nitrogens with two attached hydrogens (primary N) is 1. The van der Waals surface area contributed by atoms with E-state index in [0.29, 0.717) is 13.2 Å². The van der Waals surface area contributed by atoms with E-state index >= 15 is 0 Å². The maximum Gasteiger partial charge on any atom is 0.239 e. The number of hydrogen-bond donors (Lipinski definition) is 2. The molecular formula is C15H18N2O2S. The lowest BCUT2D eigenvalue weighted by Gasteiger charge is -2.16. The highest BCUT2D eigenvalue weighted by molar-refractivity contribution is 7.09. The Bertz CT molecular complexity index is 555. The van der Waals surface area contributed by atoms with Crippen molar-refractivity contribution in [2.24, 2.45) is 5.73 Å². The van der Waals surface area contributed by atoms with Gasteiger partial charge in [-0.25, -0.2) is 0 Å². The largest absolute Gasteiger partial charge is 0.380 e. The standard InChI is InChI=1S/C15H18N2O2S/c1-19-10-11-4-2-5-12(8-11)14(15(16)18)17-9-13-6-3-7-20-13/h2-8,14,17H,9-10H2,1H3,(H2,16,18). The van der Waals surface area contributed by atoms with Gasteiger partial charge in [0.05, 0.1) is 6.61 Å². The van der Waals surface area contributed by atoms with Crippen molar-refractivity contribution < 1.29 is 9.53 Å². The lowest BCUT2D eigenvalue weighted by molar-refractivity contribution is -0.120. The molecule has 1 amide bonds. The normalized spacial score (nSPS) is 12.2. The number of carbonyl (C=O) groups is 1. The minimum atomic E-state index is -0.492. The van der Waals surface area contributed by atoms with Crippen molar-refractivity contribution in [1.29, 1.82) is 0 Å². The van der Waals surface area contributed by atoms with Gasteiger partial charge in [0.1, 0.15) is 6.04 Å². The van der Waals surface area contributed by atoms with Crippen LogP contribution in [-0.4, -0.2) is 13.0 Å². The summed E-state index contributed by atoms with van der Waals surface area (Å²) in [6.07, 6.45) is 0. The SMILES string of the molecule is COCc1cccc(C(NCc2cccs2)C(N)=O)c1. The van der Waals surface area contributed by atoms with Crippen LogP contribution in [0.2, 0.25) is 0 Å². The molecule has 1 aromatic carbocycles. The number of primary amides is 1.